The molecule has 2 aromatic heterocycles. The van der Waals surface area contributed by atoms with E-state index in [2.05, 4.69) is 9.97 Å². The molecule has 0 aliphatic heterocycles. The molecular weight excluding hydrogens is 442 g/mol. The average Bonchev–Trinajstić information content (AvgIpc) is 3.44. The maximum absolute atomic E-state index is 13.2. The number of aromatic nitrogens is 2. The van der Waals surface area contributed by atoms with Gasteiger partial charge in [0.1, 0.15) is 22.7 Å². The fourth-order valence-corrected chi connectivity index (χ4v) is 4.39. The second-order valence-electron chi connectivity index (χ2n) is 7.41. The van der Waals surface area contributed by atoms with Gasteiger partial charge < -0.3 is 8.83 Å². The van der Waals surface area contributed by atoms with Gasteiger partial charge in [-0.1, -0.05) is 11.8 Å². The zero-order valence-electron chi connectivity index (χ0n) is 17.0. The van der Waals surface area contributed by atoms with E-state index >= 15 is 0 Å². The van der Waals surface area contributed by atoms with Crippen LogP contribution in [0.2, 0.25) is 0 Å². The lowest BCUT2D eigenvalue weighted by Crippen LogP contribution is -1.79. The Morgan fingerprint density at radius 3 is 1.39 bits per heavy atom. The average molecular weight is 456 g/mol. The molecule has 0 unspecified atom stereocenters. The Bertz CT molecular complexity index is 1480. The molecule has 6 rings (SSSR count). The number of benzene rings is 4. The highest BCUT2D eigenvalue weighted by Gasteiger charge is 2.12. The van der Waals surface area contributed by atoms with Crippen LogP contribution in [-0.2, 0) is 0 Å². The van der Waals surface area contributed by atoms with Gasteiger partial charge in [0.25, 0.3) is 0 Å². The Morgan fingerprint density at radius 2 is 0.970 bits per heavy atom. The quantitative estimate of drug-likeness (QED) is 0.272. The topological polar surface area (TPSA) is 52.1 Å². The Labute approximate surface area is 190 Å². The second-order valence-corrected chi connectivity index (χ2v) is 8.56. The van der Waals surface area contributed by atoms with E-state index in [0.717, 1.165) is 32.0 Å². The molecule has 0 amide bonds. The molecule has 0 saturated carbocycles. The van der Waals surface area contributed by atoms with E-state index in [0.29, 0.717) is 22.9 Å². The standard InChI is InChI=1S/C26H14F2N2O2S/c27-17-5-1-15(2-6-17)25-29-21-13-19(9-11-23(21)31-25)33-20-10-12-24-22(14-20)30-26(32-24)16-3-7-18(28)8-4-16/h1-14H. The van der Waals surface area contributed by atoms with Crippen molar-refractivity contribution < 1.29 is 17.6 Å². The highest BCUT2D eigenvalue weighted by molar-refractivity contribution is 7.99. The zero-order valence-corrected chi connectivity index (χ0v) is 17.8. The summed E-state index contributed by atoms with van der Waals surface area (Å²) in [6.45, 7) is 0. The number of rotatable bonds is 4. The molecule has 2 heterocycles. The zero-order chi connectivity index (χ0) is 22.4. The molecule has 0 bridgehead atoms. The van der Waals surface area contributed by atoms with Crippen LogP contribution in [0.15, 0.2) is 104 Å². The Kier molecular flexibility index (Phi) is 4.69. The molecule has 7 heteroatoms. The van der Waals surface area contributed by atoms with Crippen molar-refractivity contribution in [2.45, 2.75) is 9.79 Å². The normalized spacial score (nSPS) is 11.5. The third kappa shape index (κ3) is 3.87. The molecular formula is C26H14F2N2O2S. The van der Waals surface area contributed by atoms with Gasteiger partial charge >= 0.3 is 0 Å². The number of nitrogens with zero attached hydrogens (tertiary/aromatic N) is 2. The predicted molar refractivity (Wildman–Crippen MR) is 123 cm³/mol. The van der Waals surface area contributed by atoms with Gasteiger partial charge in [-0.2, -0.15) is 0 Å². The highest BCUT2D eigenvalue weighted by atomic mass is 32.2. The van der Waals surface area contributed by atoms with E-state index in [9.17, 15) is 8.78 Å². The largest absolute Gasteiger partial charge is 0.436 e. The van der Waals surface area contributed by atoms with E-state index in [1.165, 1.54) is 24.3 Å². The third-order valence-electron chi connectivity index (χ3n) is 5.14. The van der Waals surface area contributed by atoms with E-state index in [1.54, 1.807) is 36.0 Å². The van der Waals surface area contributed by atoms with Crippen LogP contribution in [0, 0.1) is 11.6 Å². The third-order valence-corrected chi connectivity index (χ3v) is 6.12. The van der Waals surface area contributed by atoms with Crippen molar-refractivity contribution in [2.75, 3.05) is 0 Å². The summed E-state index contributed by atoms with van der Waals surface area (Å²) in [6.07, 6.45) is 0. The van der Waals surface area contributed by atoms with Gasteiger partial charge in [0.15, 0.2) is 11.2 Å². The minimum Gasteiger partial charge on any atom is -0.436 e. The first-order valence-corrected chi connectivity index (χ1v) is 10.9. The molecule has 0 atom stereocenters. The van der Waals surface area contributed by atoms with Crippen LogP contribution in [0.5, 0.6) is 0 Å². The minimum atomic E-state index is -0.303. The molecule has 4 nitrogen and oxygen atoms in total. The Balaban J connectivity index is 1.28. The molecule has 33 heavy (non-hydrogen) atoms. The lowest BCUT2D eigenvalue weighted by Gasteiger charge is -2.00. The van der Waals surface area contributed by atoms with Gasteiger partial charge in [0, 0.05) is 20.9 Å². The number of hydrogen-bond donors (Lipinski definition) is 0. The van der Waals surface area contributed by atoms with Gasteiger partial charge in [-0.3, -0.25) is 0 Å². The van der Waals surface area contributed by atoms with Gasteiger partial charge in [0.2, 0.25) is 11.8 Å². The summed E-state index contributed by atoms with van der Waals surface area (Å²) in [4.78, 5) is 11.1. The van der Waals surface area contributed by atoms with Crippen molar-refractivity contribution in [3.63, 3.8) is 0 Å². The van der Waals surface area contributed by atoms with E-state index < -0.39 is 0 Å². The van der Waals surface area contributed by atoms with Crippen LogP contribution < -0.4 is 0 Å². The Hall–Kier alpha value is -3.97. The van der Waals surface area contributed by atoms with Crippen LogP contribution in [0.3, 0.4) is 0 Å². The Morgan fingerprint density at radius 1 is 0.545 bits per heavy atom. The maximum atomic E-state index is 13.2. The molecule has 0 fully saturated rings. The van der Waals surface area contributed by atoms with E-state index in [-0.39, 0.29) is 11.6 Å². The molecule has 0 saturated heterocycles. The first-order valence-electron chi connectivity index (χ1n) is 10.1. The number of oxazole rings is 2. The molecule has 160 valence electrons. The van der Waals surface area contributed by atoms with Gasteiger partial charge in [-0.15, -0.1) is 0 Å². The summed E-state index contributed by atoms with van der Waals surface area (Å²) in [5.41, 5.74) is 4.20. The fourth-order valence-electron chi connectivity index (χ4n) is 3.51. The van der Waals surface area contributed by atoms with Crippen LogP contribution >= 0.6 is 11.8 Å². The molecule has 0 spiro atoms. The molecule has 0 aliphatic rings. The molecule has 4 aromatic carbocycles. The summed E-state index contributed by atoms with van der Waals surface area (Å²) in [6, 6.07) is 23.7. The van der Waals surface area contributed by atoms with Crippen LogP contribution in [-0.4, -0.2) is 9.97 Å². The summed E-state index contributed by atoms with van der Waals surface area (Å²) >= 11 is 1.57. The number of halogens is 2. The molecule has 6 aromatic rings. The lowest BCUT2D eigenvalue weighted by molar-refractivity contribution is 0.615. The highest BCUT2D eigenvalue weighted by Crippen LogP contribution is 2.34. The van der Waals surface area contributed by atoms with Crippen molar-refractivity contribution in [1.82, 2.24) is 9.97 Å². The monoisotopic (exact) mass is 456 g/mol. The van der Waals surface area contributed by atoms with Gasteiger partial charge in [-0.05, 0) is 84.9 Å². The van der Waals surface area contributed by atoms with Crippen molar-refractivity contribution in [3.05, 3.63) is 96.6 Å². The fraction of sp³-hybridized carbons (Fsp3) is 0. The lowest BCUT2D eigenvalue weighted by atomic mass is 10.2. The van der Waals surface area contributed by atoms with Gasteiger partial charge in [-0.25, -0.2) is 18.7 Å². The van der Waals surface area contributed by atoms with Crippen molar-refractivity contribution in [1.29, 1.82) is 0 Å². The SMILES string of the molecule is Fc1ccc(-c2nc3cc(Sc4ccc5oc(-c6ccc(F)cc6)nc5c4)ccc3o2)cc1. The van der Waals surface area contributed by atoms with Crippen LogP contribution in [0.25, 0.3) is 45.1 Å². The first-order chi connectivity index (χ1) is 16.1. The maximum Gasteiger partial charge on any atom is 0.227 e. The minimum absolute atomic E-state index is 0.303. The number of fused-ring (bicyclic) bond motifs is 2. The number of hydrogen-bond acceptors (Lipinski definition) is 5. The van der Waals surface area contributed by atoms with Crippen LogP contribution in [0.1, 0.15) is 0 Å². The molecule has 0 radical (unpaired) electrons. The molecule has 0 N–H and O–H groups in total. The summed E-state index contributed by atoms with van der Waals surface area (Å²) in [5, 5.41) is 0. The summed E-state index contributed by atoms with van der Waals surface area (Å²) in [5.74, 6) is 0.291. The summed E-state index contributed by atoms with van der Waals surface area (Å²) in [7, 11) is 0. The van der Waals surface area contributed by atoms with Gasteiger partial charge in [0.05, 0.1) is 0 Å². The van der Waals surface area contributed by atoms with Crippen molar-refractivity contribution in [2.24, 2.45) is 0 Å². The molecule has 0 aliphatic carbocycles. The second kappa shape index (κ2) is 7.86. The van der Waals surface area contributed by atoms with Crippen LogP contribution in [0.4, 0.5) is 8.78 Å². The van der Waals surface area contributed by atoms with Crippen molar-refractivity contribution >= 4 is 34.0 Å². The predicted octanol–water partition coefficient (Wildman–Crippen LogP) is 7.73. The van der Waals surface area contributed by atoms with E-state index in [1.807, 2.05) is 36.4 Å². The first kappa shape index (κ1) is 19.7. The smallest absolute Gasteiger partial charge is 0.227 e. The van der Waals surface area contributed by atoms with Crippen molar-refractivity contribution in [3.8, 4) is 22.9 Å². The summed E-state index contributed by atoms with van der Waals surface area (Å²) < 4.78 is 38.0. The van der Waals surface area contributed by atoms with E-state index in [4.69, 9.17) is 8.83 Å².